The number of anilines is 1. The highest BCUT2D eigenvalue weighted by atomic mass is 32.2. The number of sulfonamides is 1. The van der Waals surface area contributed by atoms with E-state index < -0.39 is 10.0 Å². The second kappa shape index (κ2) is 9.21. The molecule has 0 aliphatic carbocycles. The van der Waals surface area contributed by atoms with Gasteiger partial charge in [0.2, 0.25) is 10.0 Å². The van der Waals surface area contributed by atoms with E-state index in [2.05, 4.69) is 5.32 Å². The molecule has 7 heteroatoms. The van der Waals surface area contributed by atoms with Crippen molar-refractivity contribution in [2.24, 2.45) is 0 Å². The number of amides is 1. The molecule has 0 bridgehead atoms. The zero-order valence-corrected chi connectivity index (χ0v) is 16.9. The van der Waals surface area contributed by atoms with Crippen LogP contribution in [0, 0.1) is 0 Å². The summed E-state index contributed by atoms with van der Waals surface area (Å²) in [6.07, 6.45) is 3.87. The molecule has 1 aliphatic rings. The second-order valence-corrected chi connectivity index (χ2v) is 8.67. The van der Waals surface area contributed by atoms with Gasteiger partial charge in [0.15, 0.2) is 0 Å². The summed E-state index contributed by atoms with van der Waals surface area (Å²) < 4.78 is 33.0. The van der Waals surface area contributed by atoms with Crippen LogP contribution < -0.4 is 10.1 Å². The van der Waals surface area contributed by atoms with E-state index >= 15 is 0 Å². The van der Waals surface area contributed by atoms with Crippen LogP contribution in [0.4, 0.5) is 5.69 Å². The van der Waals surface area contributed by atoms with Gasteiger partial charge in [-0.3, -0.25) is 4.79 Å². The summed E-state index contributed by atoms with van der Waals surface area (Å²) in [4.78, 5) is 12.9. The Morgan fingerprint density at radius 1 is 1.04 bits per heavy atom. The minimum absolute atomic E-state index is 0.199. The Morgan fingerprint density at radius 3 is 2.46 bits per heavy atom. The number of hydrogen-bond acceptors (Lipinski definition) is 4. The summed E-state index contributed by atoms with van der Waals surface area (Å²) in [6.45, 7) is 3.39. The molecular weight excluding hydrogens is 376 g/mol. The molecule has 0 unspecified atom stereocenters. The number of hydrogen-bond donors (Lipinski definition) is 1. The zero-order chi connectivity index (χ0) is 20.0. The molecule has 150 valence electrons. The zero-order valence-electron chi connectivity index (χ0n) is 16.1. The summed E-state index contributed by atoms with van der Waals surface area (Å²) in [5.74, 6) is 0.157. The van der Waals surface area contributed by atoms with Gasteiger partial charge in [-0.15, -0.1) is 0 Å². The molecular formula is C21H26N2O4S. The molecule has 28 heavy (non-hydrogen) atoms. The lowest BCUT2D eigenvalue weighted by Gasteiger charge is -2.20. The Balaban J connectivity index is 1.81. The number of benzene rings is 2. The maximum Gasteiger partial charge on any atom is 0.259 e. The van der Waals surface area contributed by atoms with Gasteiger partial charge in [-0.05, 0) is 50.1 Å². The lowest BCUT2D eigenvalue weighted by atomic mass is 10.2. The van der Waals surface area contributed by atoms with Crippen molar-refractivity contribution < 1.29 is 17.9 Å². The van der Waals surface area contributed by atoms with Crippen LogP contribution in [0.25, 0.3) is 0 Å². The van der Waals surface area contributed by atoms with Crippen molar-refractivity contribution in [2.75, 3.05) is 25.0 Å². The molecule has 2 aromatic carbocycles. The largest absolute Gasteiger partial charge is 0.493 e. The highest BCUT2D eigenvalue weighted by Gasteiger charge is 2.25. The Labute approximate surface area is 166 Å². The third kappa shape index (κ3) is 4.72. The molecule has 3 rings (SSSR count). The second-order valence-electron chi connectivity index (χ2n) is 6.73. The summed E-state index contributed by atoms with van der Waals surface area (Å²) in [5.41, 5.74) is 0.845. The van der Waals surface area contributed by atoms with Crippen LogP contribution in [-0.2, 0) is 10.0 Å². The molecule has 6 nitrogen and oxygen atoms in total. The van der Waals surface area contributed by atoms with Crippen molar-refractivity contribution in [1.29, 1.82) is 0 Å². The molecule has 0 atom stereocenters. The summed E-state index contributed by atoms with van der Waals surface area (Å²) in [7, 11) is -3.57. The van der Waals surface area contributed by atoms with Crippen molar-refractivity contribution in [1.82, 2.24) is 4.31 Å². The number of carbonyl (C=O) groups excluding carboxylic acids is 1. The Hall–Kier alpha value is -2.38. The molecule has 1 amide bonds. The Bertz CT molecular complexity index is 920. The van der Waals surface area contributed by atoms with Gasteiger partial charge in [0.1, 0.15) is 5.75 Å². The van der Waals surface area contributed by atoms with Crippen LogP contribution in [0.5, 0.6) is 5.75 Å². The first-order valence-electron chi connectivity index (χ1n) is 9.66. The molecule has 1 N–H and O–H groups in total. The smallest absolute Gasteiger partial charge is 0.259 e. The fourth-order valence-corrected chi connectivity index (χ4v) is 4.86. The number of nitrogens with zero attached hydrogens (tertiary/aromatic N) is 1. The van der Waals surface area contributed by atoms with Gasteiger partial charge >= 0.3 is 0 Å². The summed E-state index contributed by atoms with van der Waals surface area (Å²) in [6, 6.07) is 13.4. The van der Waals surface area contributed by atoms with Gasteiger partial charge in [0, 0.05) is 18.8 Å². The van der Waals surface area contributed by atoms with E-state index in [9.17, 15) is 13.2 Å². The topological polar surface area (TPSA) is 75.7 Å². The van der Waals surface area contributed by atoms with E-state index in [1.54, 1.807) is 46.8 Å². The Morgan fingerprint density at radius 2 is 1.75 bits per heavy atom. The molecule has 1 heterocycles. The van der Waals surface area contributed by atoms with E-state index in [-0.39, 0.29) is 10.8 Å². The molecule has 1 aliphatic heterocycles. The van der Waals surface area contributed by atoms with Crippen molar-refractivity contribution in [3.8, 4) is 5.75 Å². The number of ether oxygens (including phenoxy) is 1. The van der Waals surface area contributed by atoms with Crippen LogP contribution in [0.3, 0.4) is 0 Å². The van der Waals surface area contributed by atoms with Gasteiger partial charge in [-0.2, -0.15) is 4.31 Å². The van der Waals surface area contributed by atoms with E-state index in [4.69, 9.17) is 4.74 Å². The number of rotatable bonds is 6. The minimum Gasteiger partial charge on any atom is -0.493 e. The SMILES string of the molecule is CCOc1ccccc1C(=O)Nc1cccc(S(=O)(=O)N2CCCCCC2)c1. The van der Waals surface area contributed by atoms with Crippen LogP contribution in [0.2, 0.25) is 0 Å². The molecule has 0 spiro atoms. The maximum atomic E-state index is 13.0. The first-order valence-corrected chi connectivity index (χ1v) is 11.1. The average Bonchev–Trinajstić information content (AvgIpc) is 2.99. The molecule has 1 saturated heterocycles. The lowest BCUT2D eigenvalue weighted by molar-refractivity contribution is 0.102. The predicted molar refractivity (Wildman–Crippen MR) is 109 cm³/mol. The first kappa shape index (κ1) is 20.4. The molecule has 1 fully saturated rings. The molecule has 0 saturated carbocycles. The fraction of sp³-hybridized carbons (Fsp3) is 0.381. The molecule has 0 radical (unpaired) electrons. The number of nitrogens with one attached hydrogen (secondary N) is 1. The quantitative estimate of drug-likeness (QED) is 0.795. The van der Waals surface area contributed by atoms with Crippen LogP contribution in [0.1, 0.15) is 43.0 Å². The third-order valence-electron chi connectivity index (χ3n) is 4.73. The van der Waals surface area contributed by atoms with Gasteiger partial charge in [-0.25, -0.2) is 8.42 Å². The highest BCUT2D eigenvalue weighted by molar-refractivity contribution is 7.89. The van der Waals surface area contributed by atoms with Gasteiger partial charge in [-0.1, -0.05) is 31.0 Å². The monoisotopic (exact) mass is 402 g/mol. The minimum atomic E-state index is -3.57. The normalized spacial score (nSPS) is 15.6. The van der Waals surface area contributed by atoms with E-state index in [1.165, 1.54) is 6.07 Å². The van der Waals surface area contributed by atoms with E-state index in [1.807, 2.05) is 6.92 Å². The molecule has 0 aromatic heterocycles. The van der Waals surface area contributed by atoms with Crippen molar-refractivity contribution >= 4 is 21.6 Å². The van der Waals surface area contributed by atoms with Crippen LogP contribution in [0.15, 0.2) is 53.4 Å². The van der Waals surface area contributed by atoms with Crippen molar-refractivity contribution in [3.63, 3.8) is 0 Å². The van der Waals surface area contributed by atoms with Crippen LogP contribution >= 0.6 is 0 Å². The number of para-hydroxylation sites is 1. The van der Waals surface area contributed by atoms with Gasteiger partial charge in [0.05, 0.1) is 17.1 Å². The summed E-state index contributed by atoms with van der Waals surface area (Å²) >= 11 is 0. The Kier molecular flexibility index (Phi) is 6.70. The van der Waals surface area contributed by atoms with Crippen LogP contribution in [-0.4, -0.2) is 38.3 Å². The van der Waals surface area contributed by atoms with E-state index in [0.29, 0.717) is 36.7 Å². The van der Waals surface area contributed by atoms with E-state index in [0.717, 1.165) is 25.7 Å². The highest BCUT2D eigenvalue weighted by Crippen LogP contribution is 2.24. The maximum absolute atomic E-state index is 13.0. The standard InChI is InChI=1S/C21H26N2O4S/c1-2-27-20-13-6-5-12-19(20)21(24)22-17-10-9-11-18(16-17)28(25,26)23-14-7-3-4-8-15-23/h5-6,9-13,16H,2-4,7-8,14-15H2,1H3,(H,22,24). The summed E-state index contributed by atoms with van der Waals surface area (Å²) in [5, 5.41) is 2.78. The lowest BCUT2D eigenvalue weighted by Crippen LogP contribution is -2.32. The molecule has 2 aromatic rings. The average molecular weight is 403 g/mol. The first-order chi connectivity index (χ1) is 13.5. The van der Waals surface area contributed by atoms with Gasteiger partial charge in [0.25, 0.3) is 5.91 Å². The van der Waals surface area contributed by atoms with Gasteiger partial charge < -0.3 is 10.1 Å². The predicted octanol–water partition coefficient (Wildman–Crippen LogP) is 3.90. The van der Waals surface area contributed by atoms with Crippen molar-refractivity contribution in [3.05, 3.63) is 54.1 Å². The fourth-order valence-electron chi connectivity index (χ4n) is 3.30. The van der Waals surface area contributed by atoms with Crippen molar-refractivity contribution in [2.45, 2.75) is 37.5 Å². The number of carbonyl (C=O) groups is 1. The third-order valence-corrected chi connectivity index (χ3v) is 6.62.